The van der Waals surface area contributed by atoms with Crippen molar-refractivity contribution in [2.75, 3.05) is 0 Å². The molecule has 1 rings (SSSR count). The number of hydrogen-bond acceptors (Lipinski definition) is 1. The van der Waals surface area contributed by atoms with Gasteiger partial charge in [-0.2, -0.15) is 0 Å². The third-order valence-electron chi connectivity index (χ3n) is 0.809. The molecule has 0 nitrogen and oxygen atoms in total. The van der Waals surface area contributed by atoms with Crippen molar-refractivity contribution in [3.05, 3.63) is 21.3 Å². The van der Waals surface area contributed by atoms with Gasteiger partial charge in [-0.15, -0.1) is 11.3 Å². The molecule has 0 N–H and O–H groups in total. The van der Waals surface area contributed by atoms with E-state index in [9.17, 15) is 0 Å². The summed E-state index contributed by atoms with van der Waals surface area (Å²) in [7, 11) is 0. The average molecular weight is 202 g/mol. The van der Waals surface area contributed by atoms with Gasteiger partial charge in [0.05, 0.1) is 4.34 Å². The van der Waals surface area contributed by atoms with E-state index < -0.39 is 4.84 Å². The van der Waals surface area contributed by atoms with E-state index in [-0.39, 0.29) is 0 Å². The van der Waals surface area contributed by atoms with Gasteiger partial charge >= 0.3 is 0 Å². The van der Waals surface area contributed by atoms with Gasteiger partial charge in [-0.05, 0) is 12.1 Å². The number of alkyl halides is 2. The topological polar surface area (TPSA) is 0 Å². The molecule has 1 heterocycles. The summed E-state index contributed by atoms with van der Waals surface area (Å²) in [6.45, 7) is 0. The van der Waals surface area contributed by atoms with Gasteiger partial charge < -0.3 is 0 Å². The van der Waals surface area contributed by atoms with Gasteiger partial charge in [0.2, 0.25) is 0 Å². The predicted molar refractivity (Wildman–Crippen MR) is 43.8 cm³/mol. The maximum Gasteiger partial charge on any atom is 0.141 e. The van der Waals surface area contributed by atoms with Crippen LogP contribution < -0.4 is 0 Å². The zero-order chi connectivity index (χ0) is 6.85. The highest BCUT2D eigenvalue weighted by Crippen LogP contribution is 2.32. The monoisotopic (exact) mass is 200 g/mol. The predicted octanol–water partition coefficient (Wildman–Crippen LogP) is 3.88. The minimum atomic E-state index is -0.442. The van der Waals surface area contributed by atoms with E-state index in [4.69, 9.17) is 34.8 Å². The molecule has 0 saturated carbocycles. The third kappa shape index (κ3) is 2.01. The first-order chi connectivity index (χ1) is 4.20. The summed E-state index contributed by atoms with van der Waals surface area (Å²) in [4.78, 5) is 0.450. The lowest BCUT2D eigenvalue weighted by atomic mass is 10.5. The van der Waals surface area contributed by atoms with Gasteiger partial charge in [-0.3, -0.25) is 0 Å². The number of rotatable bonds is 1. The lowest BCUT2D eigenvalue weighted by Gasteiger charge is -1.90. The molecule has 0 radical (unpaired) electrons. The molecule has 1 aromatic rings. The summed E-state index contributed by atoms with van der Waals surface area (Å²) >= 11 is 18.1. The van der Waals surface area contributed by atoms with Crippen molar-refractivity contribution in [3.63, 3.8) is 0 Å². The molecule has 0 unspecified atom stereocenters. The molecule has 1 aromatic heterocycles. The van der Waals surface area contributed by atoms with Crippen LogP contribution in [0.3, 0.4) is 0 Å². The van der Waals surface area contributed by atoms with Crippen LogP contribution >= 0.6 is 46.1 Å². The summed E-state index contributed by atoms with van der Waals surface area (Å²) in [5.74, 6) is 0. The van der Waals surface area contributed by atoms with Gasteiger partial charge in [0.25, 0.3) is 0 Å². The maximum atomic E-state index is 5.61. The van der Waals surface area contributed by atoms with Crippen molar-refractivity contribution in [2.24, 2.45) is 0 Å². The average Bonchev–Trinajstić information content (AvgIpc) is 2.14. The van der Waals surface area contributed by atoms with E-state index in [0.717, 1.165) is 9.21 Å². The summed E-state index contributed by atoms with van der Waals surface area (Å²) < 4.78 is 0.719. The third-order valence-corrected chi connectivity index (χ3v) is 2.83. The summed E-state index contributed by atoms with van der Waals surface area (Å²) in [6, 6.07) is 3.59. The second-order valence-electron chi connectivity index (χ2n) is 1.44. The van der Waals surface area contributed by atoms with Crippen LogP contribution in [0.5, 0.6) is 0 Å². The number of halogens is 3. The Hall–Kier alpha value is 0.570. The van der Waals surface area contributed by atoms with Gasteiger partial charge in [0, 0.05) is 4.88 Å². The largest absolute Gasteiger partial charge is 0.141 e. The molecule has 0 bridgehead atoms. The Balaban J connectivity index is 2.85. The van der Waals surface area contributed by atoms with Gasteiger partial charge in [-0.1, -0.05) is 34.8 Å². The highest BCUT2D eigenvalue weighted by atomic mass is 35.5. The maximum absolute atomic E-state index is 5.61. The summed E-state index contributed by atoms with van der Waals surface area (Å²) in [5, 5.41) is 0. The Morgan fingerprint density at radius 1 is 1.33 bits per heavy atom. The summed E-state index contributed by atoms with van der Waals surface area (Å²) in [5.41, 5.74) is 0. The Morgan fingerprint density at radius 3 is 2.22 bits per heavy atom. The lowest BCUT2D eigenvalue weighted by Crippen LogP contribution is -1.67. The zero-order valence-corrected chi connectivity index (χ0v) is 7.36. The molecule has 0 aliphatic rings. The minimum Gasteiger partial charge on any atom is -0.126 e. The fourth-order valence-electron chi connectivity index (χ4n) is 0.446. The first kappa shape index (κ1) is 7.67. The Kier molecular flexibility index (Phi) is 2.65. The molecule has 0 fully saturated rings. The molecule has 0 aromatic carbocycles. The van der Waals surface area contributed by atoms with Crippen LogP contribution in [0, 0.1) is 0 Å². The van der Waals surface area contributed by atoms with Crippen molar-refractivity contribution >= 4 is 46.1 Å². The van der Waals surface area contributed by atoms with Crippen molar-refractivity contribution < 1.29 is 0 Å². The summed E-state index contributed by atoms with van der Waals surface area (Å²) in [6.07, 6.45) is 0. The Morgan fingerprint density at radius 2 is 2.00 bits per heavy atom. The minimum absolute atomic E-state index is 0.442. The molecular weight excluding hydrogens is 198 g/mol. The second-order valence-corrected chi connectivity index (χ2v) is 4.29. The van der Waals surface area contributed by atoms with E-state index in [1.54, 1.807) is 6.07 Å². The van der Waals surface area contributed by atoms with E-state index >= 15 is 0 Å². The fourth-order valence-corrected chi connectivity index (χ4v) is 1.77. The Labute approximate surface area is 72.3 Å². The highest BCUT2D eigenvalue weighted by Gasteiger charge is 2.04. The van der Waals surface area contributed by atoms with Crippen molar-refractivity contribution in [3.8, 4) is 0 Å². The van der Waals surface area contributed by atoms with E-state index in [1.807, 2.05) is 6.07 Å². The Bertz CT molecular complexity index is 194. The first-order valence-corrected chi connectivity index (χ1v) is 4.30. The first-order valence-electron chi connectivity index (χ1n) is 2.23. The zero-order valence-electron chi connectivity index (χ0n) is 4.27. The van der Waals surface area contributed by atoms with Crippen LogP contribution in [-0.2, 0) is 0 Å². The van der Waals surface area contributed by atoms with Crippen LogP contribution in [0.1, 0.15) is 9.71 Å². The number of hydrogen-bond donors (Lipinski definition) is 0. The smallest absolute Gasteiger partial charge is 0.126 e. The van der Waals surface area contributed by atoms with Crippen LogP contribution in [0.15, 0.2) is 12.1 Å². The van der Waals surface area contributed by atoms with Gasteiger partial charge in [-0.25, -0.2) is 0 Å². The molecule has 4 heteroatoms. The van der Waals surface area contributed by atoms with Crippen molar-refractivity contribution in [1.82, 2.24) is 0 Å². The van der Waals surface area contributed by atoms with E-state index in [1.165, 1.54) is 11.3 Å². The van der Waals surface area contributed by atoms with Gasteiger partial charge in [0.1, 0.15) is 4.84 Å². The molecule has 0 amide bonds. The van der Waals surface area contributed by atoms with Crippen molar-refractivity contribution in [1.29, 1.82) is 0 Å². The van der Waals surface area contributed by atoms with Gasteiger partial charge in [0.15, 0.2) is 0 Å². The molecule has 9 heavy (non-hydrogen) atoms. The fraction of sp³-hybridized carbons (Fsp3) is 0.200. The van der Waals surface area contributed by atoms with Crippen molar-refractivity contribution in [2.45, 2.75) is 4.84 Å². The van der Waals surface area contributed by atoms with E-state index in [0.29, 0.717) is 0 Å². The second kappa shape index (κ2) is 3.11. The van der Waals surface area contributed by atoms with Crippen LogP contribution in [0.4, 0.5) is 0 Å². The SMILES string of the molecule is Clc1ccc(C(Cl)Cl)s1. The molecule has 0 aliphatic carbocycles. The number of thiophene rings is 1. The quantitative estimate of drug-likeness (QED) is 0.605. The molecule has 0 spiro atoms. The molecule has 0 aliphatic heterocycles. The molecule has 0 atom stereocenters. The van der Waals surface area contributed by atoms with Crippen LogP contribution in [-0.4, -0.2) is 0 Å². The van der Waals surface area contributed by atoms with Crippen LogP contribution in [0.2, 0.25) is 4.34 Å². The standard InChI is InChI=1S/C5H3Cl3S/c6-4-2-1-3(9-4)5(7)8/h1-2,5H. The van der Waals surface area contributed by atoms with Crippen LogP contribution in [0.25, 0.3) is 0 Å². The molecular formula is C5H3Cl3S. The molecule has 50 valence electrons. The lowest BCUT2D eigenvalue weighted by molar-refractivity contribution is 1.46. The highest BCUT2D eigenvalue weighted by molar-refractivity contribution is 7.16. The molecule has 0 saturated heterocycles. The van der Waals surface area contributed by atoms with E-state index in [2.05, 4.69) is 0 Å². The normalized spacial score (nSPS) is 10.7.